The van der Waals surface area contributed by atoms with E-state index in [-0.39, 0.29) is 11.9 Å². The second kappa shape index (κ2) is 8.35. The van der Waals surface area contributed by atoms with Crippen molar-refractivity contribution in [3.8, 4) is 5.69 Å². The smallest absolute Gasteiger partial charge is 0.223 e. The number of benzene rings is 1. The Morgan fingerprint density at radius 2 is 2.11 bits per heavy atom. The van der Waals surface area contributed by atoms with Gasteiger partial charge in [0.15, 0.2) is 5.82 Å². The minimum Gasteiger partial charge on any atom is -0.377 e. The van der Waals surface area contributed by atoms with Crippen LogP contribution in [0.25, 0.3) is 5.69 Å². The number of hydrogen-bond acceptors (Lipinski definition) is 5. The molecule has 1 unspecified atom stereocenters. The fraction of sp³-hybridized carbons (Fsp3) is 0.400. The van der Waals surface area contributed by atoms with Gasteiger partial charge in [-0.1, -0.05) is 18.2 Å². The molecule has 3 aromatic rings. The van der Waals surface area contributed by atoms with Crippen molar-refractivity contribution in [3.63, 3.8) is 0 Å². The Balaban J connectivity index is 1.47. The summed E-state index contributed by atoms with van der Waals surface area (Å²) >= 11 is 0. The van der Waals surface area contributed by atoms with Crippen molar-refractivity contribution < 1.29 is 9.53 Å². The number of morpholine rings is 1. The van der Waals surface area contributed by atoms with Gasteiger partial charge >= 0.3 is 0 Å². The first-order valence-electron chi connectivity index (χ1n) is 9.54. The minimum absolute atomic E-state index is 0.119. The van der Waals surface area contributed by atoms with Crippen LogP contribution in [0.1, 0.15) is 30.5 Å². The molecule has 28 heavy (non-hydrogen) atoms. The average Bonchev–Trinajstić information content (AvgIpc) is 3.38. The molecule has 0 saturated carbocycles. The van der Waals surface area contributed by atoms with Crippen LogP contribution in [0.5, 0.6) is 0 Å². The number of ether oxygens (including phenoxy) is 1. The summed E-state index contributed by atoms with van der Waals surface area (Å²) in [6, 6.07) is 9.59. The minimum atomic E-state index is -0.237. The number of hydrogen-bond donors (Lipinski definition) is 0. The second-order valence-electron chi connectivity index (χ2n) is 6.81. The highest BCUT2D eigenvalue weighted by Gasteiger charge is 2.32. The second-order valence-corrected chi connectivity index (χ2v) is 6.81. The van der Waals surface area contributed by atoms with Gasteiger partial charge in [0.2, 0.25) is 5.91 Å². The van der Waals surface area contributed by atoms with Gasteiger partial charge in [0.25, 0.3) is 0 Å². The zero-order valence-corrected chi connectivity index (χ0v) is 15.9. The van der Waals surface area contributed by atoms with Gasteiger partial charge in [0.05, 0.1) is 18.9 Å². The molecule has 0 spiro atoms. The Kier molecular flexibility index (Phi) is 5.48. The summed E-state index contributed by atoms with van der Waals surface area (Å²) in [6.45, 7) is 4.29. The Morgan fingerprint density at radius 3 is 2.89 bits per heavy atom. The van der Waals surface area contributed by atoms with Gasteiger partial charge in [-0.3, -0.25) is 4.79 Å². The van der Waals surface area contributed by atoms with Crippen molar-refractivity contribution in [1.29, 1.82) is 0 Å². The molecule has 0 aliphatic carbocycles. The lowest BCUT2D eigenvalue weighted by molar-refractivity contribution is -0.140. The van der Waals surface area contributed by atoms with E-state index in [4.69, 9.17) is 4.74 Å². The molecule has 2 aromatic heterocycles. The van der Waals surface area contributed by atoms with Gasteiger partial charge in [-0.05, 0) is 25.5 Å². The predicted octanol–water partition coefficient (Wildman–Crippen LogP) is 2.15. The van der Waals surface area contributed by atoms with Crippen molar-refractivity contribution in [1.82, 2.24) is 29.2 Å². The maximum absolute atomic E-state index is 13.0. The molecular formula is C20H24N6O2. The molecule has 8 heteroatoms. The highest BCUT2D eigenvalue weighted by atomic mass is 16.5. The van der Waals surface area contributed by atoms with E-state index in [2.05, 4.69) is 19.6 Å². The molecule has 8 nitrogen and oxygen atoms in total. The molecule has 1 atom stereocenters. The van der Waals surface area contributed by atoms with Gasteiger partial charge in [0, 0.05) is 31.9 Å². The van der Waals surface area contributed by atoms with Gasteiger partial charge < -0.3 is 14.2 Å². The molecule has 1 amide bonds. The molecule has 3 heterocycles. The lowest BCUT2D eigenvalue weighted by atomic mass is 10.1. The van der Waals surface area contributed by atoms with E-state index in [1.165, 1.54) is 6.33 Å². The summed E-state index contributed by atoms with van der Waals surface area (Å²) in [6.07, 6.45) is 6.51. The van der Waals surface area contributed by atoms with Crippen LogP contribution < -0.4 is 0 Å². The number of aryl methyl sites for hydroxylation is 2. The topological polar surface area (TPSA) is 78.1 Å². The molecule has 146 valence electrons. The van der Waals surface area contributed by atoms with Gasteiger partial charge in [0.1, 0.15) is 18.2 Å². The first kappa shape index (κ1) is 18.4. The molecule has 0 N–H and O–H groups in total. The summed E-state index contributed by atoms with van der Waals surface area (Å²) in [4.78, 5) is 23.5. The van der Waals surface area contributed by atoms with E-state index in [1.54, 1.807) is 10.9 Å². The average molecular weight is 380 g/mol. The Morgan fingerprint density at radius 1 is 1.25 bits per heavy atom. The number of rotatable bonds is 6. The van der Waals surface area contributed by atoms with Crippen LogP contribution in [0, 0.1) is 6.92 Å². The highest BCUT2D eigenvalue weighted by Crippen LogP contribution is 2.25. The molecule has 0 bridgehead atoms. The fourth-order valence-electron chi connectivity index (χ4n) is 3.55. The molecule has 0 radical (unpaired) electrons. The fourth-order valence-corrected chi connectivity index (χ4v) is 3.55. The zero-order valence-electron chi connectivity index (χ0n) is 15.9. The van der Waals surface area contributed by atoms with Crippen LogP contribution in [0.2, 0.25) is 0 Å². The van der Waals surface area contributed by atoms with Gasteiger partial charge in [-0.2, -0.15) is 5.10 Å². The highest BCUT2D eigenvalue weighted by molar-refractivity contribution is 5.76. The summed E-state index contributed by atoms with van der Waals surface area (Å²) in [5.41, 5.74) is 0.920. The van der Waals surface area contributed by atoms with Crippen molar-refractivity contribution in [3.05, 3.63) is 60.7 Å². The van der Waals surface area contributed by atoms with Crippen molar-refractivity contribution in [2.45, 2.75) is 32.4 Å². The largest absolute Gasteiger partial charge is 0.377 e. The predicted molar refractivity (Wildman–Crippen MR) is 103 cm³/mol. The molecule has 1 saturated heterocycles. The molecule has 1 fully saturated rings. The number of carbonyl (C=O) groups is 1. The molecule has 1 aromatic carbocycles. The SMILES string of the molecule is Cc1nccn1CCCC(=O)N1CCOCC1c1ncnn1-c1ccccc1. The first-order chi connectivity index (χ1) is 13.7. The lowest BCUT2D eigenvalue weighted by Gasteiger charge is -2.35. The third-order valence-electron chi connectivity index (χ3n) is 5.04. The van der Waals surface area contributed by atoms with E-state index in [0.717, 1.165) is 30.3 Å². The zero-order chi connectivity index (χ0) is 19.3. The number of carbonyl (C=O) groups excluding carboxylic acids is 1. The van der Waals surface area contributed by atoms with Gasteiger partial charge in [-0.25, -0.2) is 14.6 Å². The van der Waals surface area contributed by atoms with Crippen LogP contribution in [0.4, 0.5) is 0 Å². The first-order valence-corrected chi connectivity index (χ1v) is 9.54. The van der Waals surface area contributed by atoms with Crippen molar-refractivity contribution >= 4 is 5.91 Å². The Bertz CT molecular complexity index is 920. The van der Waals surface area contributed by atoms with Crippen LogP contribution in [-0.2, 0) is 16.1 Å². The van der Waals surface area contributed by atoms with E-state index >= 15 is 0 Å². The van der Waals surface area contributed by atoms with Crippen LogP contribution in [-0.4, -0.2) is 54.9 Å². The summed E-state index contributed by atoms with van der Waals surface area (Å²) < 4.78 is 9.52. The molecular weight excluding hydrogens is 356 g/mol. The molecule has 1 aliphatic heterocycles. The lowest BCUT2D eigenvalue weighted by Crippen LogP contribution is -2.44. The maximum Gasteiger partial charge on any atom is 0.223 e. The van der Waals surface area contributed by atoms with E-state index in [9.17, 15) is 4.79 Å². The summed E-state index contributed by atoms with van der Waals surface area (Å²) in [5.74, 6) is 1.81. The molecule has 4 rings (SSSR count). The quantitative estimate of drug-likeness (QED) is 0.655. The summed E-state index contributed by atoms with van der Waals surface area (Å²) in [5, 5.41) is 4.36. The maximum atomic E-state index is 13.0. The van der Waals surface area contributed by atoms with Crippen LogP contribution in [0.3, 0.4) is 0 Å². The number of amides is 1. The molecule has 1 aliphatic rings. The normalized spacial score (nSPS) is 17.0. The number of aromatic nitrogens is 5. The standard InChI is InChI=1S/C20H24N6O2/c1-16-21-9-11-24(16)10-5-8-19(27)25-12-13-28-14-18(25)20-22-15-23-26(20)17-6-3-2-4-7-17/h2-4,6-7,9,11,15,18H,5,8,10,12-14H2,1H3. The van der Waals surface area contributed by atoms with Crippen LogP contribution in [0.15, 0.2) is 49.1 Å². The number of para-hydroxylation sites is 1. The van der Waals surface area contributed by atoms with Crippen LogP contribution >= 0.6 is 0 Å². The van der Waals surface area contributed by atoms with Crippen molar-refractivity contribution in [2.75, 3.05) is 19.8 Å². The van der Waals surface area contributed by atoms with E-state index in [1.807, 2.05) is 48.4 Å². The Hall–Kier alpha value is -3.00. The Labute approximate surface area is 163 Å². The summed E-state index contributed by atoms with van der Waals surface area (Å²) in [7, 11) is 0. The third kappa shape index (κ3) is 3.82. The number of nitrogens with zero attached hydrogens (tertiary/aromatic N) is 6. The number of imidazole rings is 1. The van der Waals surface area contributed by atoms with Crippen molar-refractivity contribution in [2.24, 2.45) is 0 Å². The van der Waals surface area contributed by atoms with E-state index < -0.39 is 0 Å². The third-order valence-corrected chi connectivity index (χ3v) is 5.04. The monoisotopic (exact) mass is 380 g/mol. The van der Waals surface area contributed by atoms with Gasteiger partial charge in [-0.15, -0.1) is 0 Å². The van der Waals surface area contributed by atoms with E-state index in [0.29, 0.717) is 26.2 Å².